The molecular weight excluding hydrogens is 312 g/mol. The molecule has 2 aromatic rings. The van der Waals surface area contributed by atoms with Crippen LogP contribution < -0.4 is 4.83 Å². The van der Waals surface area contributed by atoms with Crippen molar-refractivity contribution in [2.75, 3.05) is 0 Å². The molecule has 0 fully saturated rings. The molecule has 7 heteroatoms. The third-order valence-electron chi connectivity index (χ3n) is 2.75. The fourth-order valence-electron chi connectivity index (χ4n) is 1.63. The van der Waals surface area contributed by atoms with Crippen molar-refractivity contribution in [3.8, 4) is 5.75 Å². The van der Waals surface area contributed by atoms with E-state index in [0.717, 1.165) is 0 Å². The summed E-state index contributed by atoms with van der Waals surface area (Å²) in [6.45, 7) is 1.60. The summed E-state index contributed by atoms with van der Waals surface area (Å²) in [5.74, 6) is 0.0319. The van der Waals surface area contributed by atoms with E-state index < -0.39 is 10.0 Å². The van der Waals surface area contributed by atoms with Crippen molar-refractivity contribution < 1.29 is 13.5 Å². The molecule has 0 saturated heterocycles. The van der Waals surface area contributed by atoms with E-state index in [0.29, 0.717) is 16.3 Å². The number of hydrogen-bond acceptors (Lipinski definition) is 4. The Labute approximate surface area is 127 Å². The monoisotopic (exact) mass is 324 g/mol. The predicted octanol–water partition coefficient (Wildman–Crippen LogP) is 2.75. The maximum Gasteiger partial charge on any atom is 0.276 e. The summed E-state index contributed by atoms with van der Waals surface area (Å²) in [4.78, 5) is 2.18. The van der Waals surface area contributed by atoms with Crippen LogP contribution >= 0.6 is 11.6 Å². The SMILES string of the molecule is CC(=NNS(=O)(=O)c1ccc(Cl)cc1)c1ccccc1O. The summed E-state index contributed by atoms with van der Waals surface area (Å²) < 4.78 is 24.1. The van der Waals surface area contributed by atoms with E-state index in [4.69, 9.17) is 11.6 Å². The van der Waals surface area contributed by atoms with Crippen molar-refractivity contribution in [1.29, 1.82) is 0 Å². The Morgan fingerprint density at radius 2 is 1.76 bits per heavy atom. The Kier molecular flexibility index (Phi) is 4.50. The highest BCUT2D eigenvalue weighted by atomic mass is 35.5. The Hall–Kier alpha value is -2.05. The fraction of sp³-hybridized carbons (Fsp3) is 0.0714. The van der Waals surface area contributed by atoms with Gasteiger partial charge >= 0.3 is 0 Å². The molecule has 2 N–H and O–H groups in total. The molecule has 0 radical (unpaired) electrons. The van der Waals surface area contributed by atoms with Crippen molar-refractivity contribution in [3.63, 3.8) is 0 Å². The molecule has 0 aliphatic carbocycles. The van der Waals surface area contributed by atoms with Gasteiger partial charge in [0.25, 0.3) is 10.0 Å². The molecule has 2 rings (SSSR count). The molecule has 2 aromatic carbocycles. The number of halogens is 1. The minimum Gasteiger partial charge on any atom is -0.507 e. The van der Waals surface area contributed by atoms with Gasteiger partial charge in [0.05, 0.1) is 10.6 Å². The molecule has 0 amide bonds. The van der Waals surface area contributed by atoms with Gasteiger partial charge in [0.15, 0.2) is 0 Å². The van der Waals surface area contributed by atoms with E-state index in [1.807, 2.05) is 0 Å². The molecule has 0 spiro atoms. The number of rotatable bonds is 4. The lowest BCUT2D eigenvalue weighted by atomic mass is 10.1. The summed E-state index contributed by atoms with van der Waals surface area (Å²) in [5.41, 5.74) is 0.807. The number of nitrogens with one attached hydrogen (secondary N) is 1. The van der Waals surface area contributed by atoms with Crippen LogP contribution in [0.4, 0.5) is 0 Å². The molecule has 0 bridgehead atoms. The van der Waals surface area contributed by atoms with Gasteiger partial charge < -0.3 is 5.11 Å². The molecule has 110 valence electrons. The largest absolute Gasteiger partial charge is 0.507 e. The normalized spacial score (nSPS) is 12.2. The number of hydrogen-bond donors (Lipinski definition) is 2. The Bertz CT molecular complexity index is 771. The summed E-state index contributed by atoms with van der Waals surface area (Å²) in [6, 6.07) is 12.3. The molecule has 5 nitrogen and oxygen atoms in total. The number of aromatic hydroxyl groups is 1. The first-order chi connectivity index (χ1) is 9.90. The number of para-hydroxylation sites is 1. The van der Waals surface area contributed by atoms with Crippen LogP contribution in [0.2, 0.25) is 5.02 Å². The van der Waals surface area contributed by atoms with E-state index in [-0.39, 0.29) is 10.6 Å². The topological polar surface area (TPSA) is 78.8 Å². The number of phenolic OH excluding ortho intramolecular Hbond substituents is 1. The van der Waals surface area contributed by atoms with Crippen molar-refractivity contribution in [2.45, 2.75) is 11.8 Å². The van der Waals surface area contributed by atoms with Gasteiger partial charge in [-0.15, -0.1) is 0 Å². The maximum atomic E-state index is 12.0. The van der Waals surface area contributed by atoms with E-state index in [1.165, 1.54) is 30.3 Å². The van der Waals surface area contributed by atoms with Gasteiger partial charge in [-0.1, -0.05) is 23.7 Å². The number of benzene rings is 2. The molecule has 0 aliphatic heterocycles. The van der Waals surface area contributed by atoms with E-state index in [2.05, 4.69) is 9.93 Å². The predicted molar refractivity (Wildman–Crippen MR) is 82.1 cm³/mol. The first-order valence-electron chi connectivity index (χ1n) is 6.00. The minimum atomic E-state index is -3.77. The lowest BCUT2D eigenvalue weighted by molar-refractivity contribution is 0.474. The zero-order valence-electron chi connectivity index (χ0n) is 11.1. The van der Waals surface area contributed by atoms with Crippen molar-refractivity contribution in [1.82, 2.24) is 4.83 Å². The maximum absolute atomic E-state index is 12.0. The van der Waals surface area contributed by atoms with Crippen LogP contribution in [0.5, 0.6) is 5.75 Å². The summed E-state index contributed by atoms with van der Waals surface area (Å²) in [6.07, 6.45) is 0. The number of phenols is 1. The van der Waals surface area contributed by atoms with Crippen molar-refractivity contribution in [3.05, 3.63) is 59.1 Å². The van der Waals surface area contributed by atoms with Gasteiger partial charge in [0.2, 0.25) is 0 Å². The average molecular weight is 325 g/mol. The third-order valence-corrected chi connectivity index (χ3v) is 4.23. The lowest BCUT2D eigenvalue weighted by Gasteiger charge is -2.06. The van der Waals surface area contributed by atoms with Crippen LogP contribution in [0.1, 0.15) is 12.5 Å². The fourth-order valence-corrected chi connectivity index (χ4v) is 2.62. The van der Waals surface area contributed by atoms with Crippen LogP contribution in [0.3, 0.4) is 0 Å². The van der Waals surface area contributed by atoms with Crippen molar-refractivity contribution >= 4 is 27.3 Å². The van der Waals surface area contributed by atoms with E-state index in [1.54, 1.807) is 25.1 Å². The zero-order valence-corrected chi connectivity index (χ0v) is 12.7. The molecule has 21 heavy (non-hydrogen) atoms. The van der Waals surface area contributed by atoms with Gasteiger partial charge in [-0.2, -0.15) is 18.4 Å². The van der Waals surface area contributed by atoms with Gasteiger partial charge in [0.1, 0.15) is 5.75 Å². The Balaban J connectivity index is 2.23. The van der Waals surface area contributed by atoms with Gasteiger partial charge in [-0.05, 0) is 43.3 Å². The highest BCUT2D eigenvalue weighted by Crippen LogP contribution is 2.17. The molecule has 0 atom stereocenters. The summed E-state index contributed by atoms with van der Waals surface area (Å²) >= 11 is 5.72. The number of sulfonamides is 1. The van der Waals surface area contributed by atoms with E-state index >= 15 is 0 Å². The summed E-state index contributed by atoms with van der Waals surface area (Å²) in [7, 11) is -3.77. The first kappa shape index (κ1) is 15.3. The van der Waals surface area contributed by atoms with Crippen LogP contribution in [0.15, 0.2) is 58.5 Å². The van der Waals surface area contributed by atoms with Crippen molar-refractivity contribution in [2.24, 2.45) is 5.10 Å². The van der Waals surface area contributed by atoms with Crippen LogP contribution in [0.25, 0.3) is 0 Å². The molecule has 0 aliphatic rings. The van der Waals surface area contributed by atoms with Gasteiger partial charge in [-0.25, -0.2) is 0 Å². The zero-order chi connectivity index (χ0) is 15.5. The standard InChI is InChI=1S/C14H13ClN2O3S/c1-10(13-4-2-3-5-14(13)18)16-17-21(19,20)12-8-6-11(15)7-9-12/h2-9,17-18H,1H3. The summed E-state index contributed by atoms with van der Waals surface area (Å²) in [5, 5.41) is 13.9. The highest BCUT2D eigenvalue weighted by Gasteiger charge is 2.13. The quantitative estimate of drug-likeness (QED) is 0.670. The number of nitrogens with zero attached hydrogens (tertiary/aromatic N) is 1. The lowest BCUT2D eigenvalue weighted by Crippen LogP contribution is -2.19. The molecule has 0 unspecified atom stereocenters. The molecular formula is C14H13ClN2O3S. The van der Waals surface area contributed by atoms with Crippen LogP contribution in [-0.4, -0.2) is 19.2 Å². The molecule has 0 saturated carbocycles. The molecule has 0 aromatic heterocycles. The smallest absolute Gasteiger partial charge is 0.276 e. The second-order valence-corrected chi connectivity index (χ2v) is 6.36. The Morgan fingerprint density at radius 3 is 2.38 bits per heavy atom. The minimum absolute atomic E-state index is 0.0319. The second-order valence-electron chi connectivity index (χ2n) is 4.26. The number of hydrazone groups is 1. The molecule has 0 heterocycles. The Morgan fingerprint density at radius 1 is 1.14 bits per heavy atom. The third kappa shape index (κ3) is 3.74. The van der Waals surface area contributed by atoms with Gasteiger partial charge in [-0.3, -0.25) is 0 Å². The second kappa shape index (κ2) is 6.15. The van der Waals surface area contributed by atoms with Crippen LogP contribution in [0, 0.1) is 0 Å². The van der Waals surface area contributed by atoms with Crippen LogP contribution in [-0.2, 0) is 10.0 Å². The van der Waals surface area contributed by atoms with E-state index in [9.17, 15) is 13.5 Å². The average Bonchev–Trinajstić information content (AvgIpc) is 2.46. The highest BCUT2D eigenvalue weighted by molar-refractivity contribution is 7.89. The first-order valence-corrected chi connectivity index (χ1v) is 7.86. The van der Waals surface area contributed by atoms with Gasteiger partial charge in [0, 0.05) is 10.6 Å².